The molecule has 1 saturated heterocycles. The molecule has 0 bridgehead atoms. The molecule has 0 aromatic carbocycles. The maximum Gasteiger partial charge on any atom is 0.199 e. The molecular weight excluding hydrogens is 340 g/mol. The Hall–Kier alpha value is -1.70. The van der Waals surface area contributed by atoms with E-state index in [1.165, 1.54) is 17.7 Å². The molecule has 0 radical (unpaired) electrons. The first-order valence-electron chi connectivity index (χ1n) is 8.27. The minimum atomic E-state index is 0.478. The summed E-state index contributed by atoms with van der Waals surface area (Å²) in [7, 11) is 0. The number of likely N-dealkylation sites (tertiary alicyclic amines) is 1. The number of hydrogen-bond acceptors (Lipinski definition) is 5. The maximum absolute atomic E-state index is 5.66. The average Bonchev–Trinajstić information content (AvgIpc) is 3.36. The van der Waals surface area contributed by atoms with Crippen molar-refractivity contribution in [3.05, 3.63) is 45.6 Å². The van der Waals surface area contributed by atoms with Gasteiger partial charge in [0, 0.05) is 24.0 Å². The molecule has 3 aromatic rings. The molecule has 1 atom stereocenters. The summed E-state index contributed by atoms with van der Waals surface area (Å²) < 4.78 is 10.2. The van der Waals surface area contributed by atoms with Crippen LogP contribution in [0.15, 0.2) is 40.3 Å². The molecule has 7 heteroatoms. The van der Waals surface area contributed by atoms with E-state index in [1.54, 1.807) is 6.26 Å². The third-order valence-corrected chi connectivity index (χ3v) is 5.94. The monoisotopic (exact) mass is 360 g/mol. The van der Waals surface area contributed by atoms with Crippen molar-refractivity contribution < 1.29 is 4.42 Å². The molecular formula is C17H20N4OS2. The third-order valence-electron chi connectivity index (χ3n) is 4.53. The Morgan fingerprint density at radius 1 is 1.38 bits per heavy atom. The number of thiophene rings is 1. The van der Waals surface area contributed by atoms with Gasteiger partial charge in [-0.25, -0.2) is 4.68 Å². The zero-order valence-electron chi connectivity index (χ0n) is 13.6. The molecule has 1 aliphatic rings. The minimum Gasteiger partial charge on any atom is -0.461 e. The lowest BCUT2D eigenvalue weighted by Crippen LogP contribution is -2.26. The normalized spacial score (nSPS) is 18.5. The molecule has 0 saturated carbocycles. The van der Waals surface area contributed by atoms with Crippen LogP contribution < -0.4 is 0 Å². The lowest BCUT2D eigenvalue weighted by Gasteiger charge is -2.23. The van der Waals surface area contributed by atoms with Gasteiger partial charge in [-0.15, -0.1) is 16.4 Å². The van der Waals surface area contributed by atoms with Gasteiger partial charge < -0.3 is 4.42 Å². The zero-order chi connectivity index (χ0) is 16.5. The van der Waals surface area contributed by atoms with Crippen molar-refractivity contribution in [3.8, 4) is 11.6 Å². The highest BCUT2D eigenvalue weighted by atomic mass is 32.1. The van der Waals surface area contributed by atoms with Crippen molar-refractivity contribution in [1.29, 1.82) is 0 Å². The Kier molecular flexibility index (Phi) is 4.39. The largest absolute Gasteiger partial charge is 0.461 e. The van der Waals surface area contributed by atoms with Crippen LogP contribution in [0.4, 0.5) is 0 Å². The molecule has 0 spiro atoms. The standard InChI is InChI=1S/C17H20N4OS2/c1-2-20-16(14-7-4-10-22-14)18-21(17(20)23)12-19-9-3-6-13(19)15-8-5-11-24-15/h4-5,7-8,10-11,13H,2-3,6,9,12H2,1H3. The molecule has 1 aliphatic heterocycles. The molecule has 1 unspecified atom stereocenters. The van der Waals surface area contributed by atoms with E-state index in [-0.39, 0.29) is 0 Å². The number of nitrogens with zero attached hydrogens (tertiary/aromatic N) is 4. The van der Waals surface area contributed by atoms with Crippen LogP contribution in [0.1, 0.15) is 30.7 Å². The number of rotatable bonds is 5. The van der Waals surface area contributed by atoms with Crippen LogP contribution in [0, 0.1) is 4.77 Å². The van der Waals surface area contributed by atoms with Crippen molar-refractivity contribution in [1.82, 2.24) is 19.2 Å². The highest BCUT2D eigenvalue weighted by Gasteiger charge is 2.27. The molecule has 4 rings (SSSR count). The van der Waals surface area contributed by atoms with E-state index < -0.39 is 0 Å². The van der Waals surface area contributed by atoms with Crippen molar-refractivity contribution in [2.75, 3.05) is 6.54 Å². The van der Waals surface area contributed by atoms with Crippen LogP contribution in [0.25, 0.3) is 11.6 Å². The quantitative estimate of drug-likeness (QED) is 0.626. The minimum absolute atomic E-state index is 0.478. The molecule has 3 aromatic heterocycles. The van der Waals surface area contributed by atoms with E-state index in [1.807, 2.05) is 32.7 Å². The second kappa shape index (κ2) is 6.66. The summed E-state index contributed by atoms with van der Waals surface area (Å²) in [5, 5.41) is 6.90. The van der Waals surface area contributed by atoms with Gasteiger partial charge in [-0.05, 0) is 55.6 Å². The Morgan fingerprint density at radius 3 is 3.00 bits per heavy atom. The first kappa shape index (κ1) is 15.8. The van der Waals surface area contributed by atoms with Gasteiger partial charge in [0.05, 0.1) is 12.9 Å². The van der Waals surface area contributed by atoms with E-state index >= 15 is 0 Å². The fraction of sp³-hybridized carbons (Fsp3) is 0.412. The average molecular weight is 361 g/mol. The number of hydrogen-bond donors (Lipinski definition) is 0. The predicted octanol–water partition coefficient (Wildman–Crippen LogP) is 4.55. The summed E-state index contributed by atoms with van der Waals surface area (Å²) in [5.74, 6) is 1.57. The molecule has 4 heterocycles. The first-order chi connectivity index (χ1) is 11.8. The molecule has 0 aliphatic carbocycles. The summed E-state index contributed by atoms with van der Waals surface area (Å²) in [5.41, 5.74) is 0. The zero-order valence-corrected chi connectivity index (χ0v) is 15.2. The maximum atomic E-state index is 5.66. The topological polar surface area (TPSA) is 39.1 Å². The second-order valence-electron chi connectivity index (χ2n) is 5.95. The van der Waals surface area contributed by atoms with Crippen molar-refractivity contribution in [2.24, 2.45) is 0 Å². The molecule has 24 heavy (non-hydrogen) atoms. The van der Waals surface area contributed by atoms with Crippen LogP contribution in [0.5, 0.6) is 0 Å². The van der Waals surface area contributed by atoms with E-state index in [9.17, 15) is 0 Å². The summed E-state index contributed by atoms with van der Waals surface area (Å²) in [6, 6.07) is 8.64. The summed E-state index contributed by atoms with van der Waals surface area (Å²) in [6.45, 7) is 4.67. The highest BCUT2D eigenvalue weighted by Crippen LogP contribution is 2.34. The van der Waals surface area contributed by atoms with Gasteiger partial charge in [-0.3, -0.25) is 9.47 Å². The van der Waals surface area contributed by atoms with Gasteiger partial charge in [-0.2, -0.15) is 0 Å². The lowest BCUT2D eigenvalue weighted by molar-refractivity contribution is 0.192. The summed E-state index contributed by atoms with van der Waals surface area (Å²) in [4.78, 5) is 3.90. The molecule has 0 amide bonds. The Balaban J connectivity index is 1.64. The van der Waals surface area contributed by atoms with Crippen LogP contribution in [-0.4, -0.2) is 25.8 Å². The molecule has 5 nitrogen and oxygen atoms in total. The second-order valence-corrected chi connectivity index (χ2v) is 7.30. The Bertz CT molecular complexity index is 848. The molecule has 126 valence electrons. The van der Waals surface area contributed by atoms with Crippen LogP contribution >= 0.6 is 23.6 Å². The third kappa shape index (κ3) is 2.76. The SMILES string of the molecule is CCn1c(-c2ccco2)nn(CN2CCCC2c2cccs2)c1=S. The van der Waals surface area contributed by atoms with E-state index in [2.05, 4.69) is 29.3 Å². The number of aromatic nitrogens is 3. The number of furan rings is 1. The van der Waals surface area contributed by atoms with Crippen molar-refractivity contribution >= 4 is 23.6 Å². The van der Waals surface area contributed by atoms with E-state index in [4.69, 9.17) is 21.7 Å². The van der Waals surface area contributed by atoms with Gasteiger partial charge >= 0.3 is 0 Å². The highest BCUT2D eigenvalue weighted by molar-refractivity contribution is 7.71. The van der Waals surface area contributed by atoms with Crippen LogP contribution in [0.2, 0.25) is 0 Å². The smallest absolute Gasteiger partial charge is 0.199 e. The molecule has 1 fully saturated rings. The van der Waals surface area contributed by atoms with Gasteiger partial charge in [-0.1, -0.05) is 6.07 Å². The first-order valence-corrected chi connectivity index (χ1v) is 9.55. The van der Waals surface area contributed by atoms with Gasteiger partial charge in [0.2, 0.25) is 0 Å². The lowest BCUT2D eigenvalue weighted by atomic mass is 10.2. The van der Waals surface area contributed by atoms with Crippen LogP contribution in [0.3, 0.4) is 0 Å². The van der Waals surface area contributed by atoms with Gasteiger partial charge in [0.25, 0.3) is 0 Å². The van der Waals surface area contributed by atoms with Gasteiger partial charge in [0.15, 0.2) is 16.4 Å². The summed E-state index contributed by atoms with van der Waals surface area (Å²) >= 11 is 7.49. The molecule has 0 N–H and O–H groups in total. The van der Waals surface area contributed by atoms with Gasteiger partial charge in [0.1, 0.15) is 0 Å². The fourth-order valence-corrected chi connectivity index (χ4v) is 4.59. The fourth-order valence-electron chi connectivity index (χ4n) is 3.38. The van der Waals surface area contributed by atoms with Crippen molar-refractivity contribution in [2.45, 2.75) is 39.0 Å². The van der Waals surface area contributed by atoms with E-state index in [0.717, 1.165) is 36.1 Å². The summed E-state index contributed by atoms with van der Waals surface area (Å²) in [6.07, 6.45) is 4.09. The van der Waals surface area contributed by atoms with Crippen molar-refractivity contribution in [3.63, 3.8) is 0 Å². The van der Waals surface area contributed by atoms with E-state index in [0.29, 0.717) is 6.04 Å². The Labute approximate surface area is 150 Å². The Morgan fingerprint density at radius 2 is 2.29 bits per heavy atom. The predicted molar refractivity (Wildman–Crippen MR) is 97.4 cm³/mol. The van der Waals surface area contributed by atoms with Crippen LogP contribution in [-0.2, 0) is 13.2 Å².